The molecular weight excluding hydrogens is 579 g/mol. The molecule has 210 valence electrons. The predicted octanol–water partition coefficient (Wildman–Crippen LogP) is 6.43. The molecule has 0 aliphatic carbocycles. The number of thiocarbonyl (C=S) groups is 1. The standard InChI is InChI=1S/C31H27NO6S3/c1-17-10-13-22-21(14-17)24(30-40-25(28(34)36-4)26(41-30)29(35)37-5)27(39)31(2,3)32(22)23(33)16-38-20-12-11-18-8-6-7-9-19(18)15-20/h6-15H,16H2,1-5H3. The molecule has 0 atom stereocenters. The summed E-state index contributed by atoms with van der Waals surface area (Å²) >= 11 is 8.29. The zero-order valence-corrected chi connectivity index (χ0v) is 25.6. The van der Waals surface area contributed by atoms with Gasteiger partial charge in [0.2, 0.25) is 0 Å². The molecule has 1 amide bonds. The van der Waals surface area contributed by atoms with E-state index >= 15 is 0 Å². The van der Waals surface area contributed by atoms with Gasteiger partial charge >= 0.3 is 11.9 Å². The molecule has 41 heavy (non-hydrogen) atoms. The Morgan fingerprint density at radius 3 is 2.15 bits per heavy atom. The van der Waals surface area contributed by atoms with Gasteiger partial charge in [0.15, 0.2) is 6.61 Å². The van der Waals surface area contributed by atoms with E-state index in [1.54, 1.807) is 4.90 Å². The van der Waals surface area contributed by atoms with Gasteiger partial charge in [-0.25, -0.2) is 9.59 Å². The molecule has 10 heteroatoms. The minimum Gasteiger partial charge on any atom is -0.484 e. The first-order chi connectivity index (χ1) is 19.6. The summed E-state index contributed by atoms with van der Waals surface area (Å²) in [5.74, 6) is -0.926. The molecule has 2 aliphatic heterocycles. The molecule has 0 saturated heterocycles. The number of esters is 2. The largest absolute Gasteiger partial charge is 0.484 e. The Morgan fingerprint density at radius 1 is 0.878 bits per heavy atom. The van der Waals surface area contributed by atoms with Gasteiger partial charge in [-0.05, 0) is 55.8 Å². The summed E-state index contributed by atoms with van der Waals surface area (Å²) in [5, 5.41) is 2.10. The van der Waals surface area contributed by atoms with Crippen molar-refractivity contribution < 1.29 is 28.6 Å². The second-order valence-electron chi connectivity index (χ2n) is 9.94. The van der Waals surface area contributed by atoms with Crippen LogP contribution in [-0.2, 0) is 23.9 Å². The number of amides is 1. The van der Waals surface area contributed by atoms with E-state index in [9.17, 15) is 14.4 Å². The predicted molar refractivity (Wildman–Crippen MR) is 168 cm³/mol. The molecule has 0 unspecified atom stereocenters. The zero-order chi connectivity index (χ0) is 29.5. The first kappa shape index (κ1) is 28.9. The maximum Gasteiger partial charge on any atom is 0.346 e. The maximum absolute atomic E-state index is 13.8. The van der Waals surface area contributed by atoms with Crippen LogP contribution in [0.15, 0.2) is 74.7 Å². The molecule has 2 heterocycles. The van der Waals surface area contributed by atoms with Crippen molar-refractivity contribution in [2.24, 2.45) is 0 Å². The minimum atomic E-state index is -0.926. The van der Waals surface area contributed by atoms with E-state index in [1.807, 2.05) is 81.4 Å². The highest BCUT2D eigenvalue weighted by Gasteiger charge is 2.46. The SMILES string of the molecule is COC(=O)C1=C(C(=O)OC)SC(=C2C(=S)C(C)(C)N(C(=O)COc3ccc4ccccc4c3)c3ccc(C)cc32)S1. The average molecular weight is 606 g/mol. The molecule has 0 bridgehead atoms. The fraction of sp³-hybridized carbons (Fsp3) is 0.226. The minimum absolute atomic E-state index is 0.143. The van der Waals surface area contributed by atoms with Crippen LogP contribution < -0.4 is 9.64 Å². The van der Waals surface area contributed by atoms with Gasteiger partial charge in [-0.2, -0.15) is 0 Å². The van der Waals surface area contributed by atoms with Crippen molar-refractivity contribution >= 4 is 80.5 Å². The van der Waals surface area contributed by atoms with Gasteiger partial charge in [-0.3, -0.25) is 9.69 Å². The molecular formula is C31H27NO6S3. The third-order valence-corrected chi connectivity index (χ3v) is 10.1. The molecule has 0 aromatic heterocycles. The first-order valence-electron chi connectivity index (χ1n) is 12.7. The number of ether oxygens (including phenoxy) is 3. The quantitative estimate of drug-likeness (QED) is 0.186. The highest BCUT2D eigenvalue weighted by Crippen LogP contribution is 2.56. The molecule has 3 aromatic carbocycles. The van der Waals surface area contributed by atoms with Crippen molar-refractivity contribution in [2.45, 2.75) is 26.3 Å². The van der Waals surface area contributed by atoms with Crippen LogP contribution in [0, 0.1) is 6.92 Å². The van der Waals surface area contributed by atoms with Gasteiger partial charge in [-0.15, -0.1) is 0 Å². The molecule has 7 nitrogen and oxygen atoms in total. The Kier molecular flexibility index (Phi) is 8.00. The molecule has 2 aliphatic rings. The van der Waals surface area contributed by atoms with Crippen molar-refractivity contribution in [3.8, 4) is 5.75 Å². The van der Waals surface area contributed by atoms with E-state index in [0.717, 1.165) is 45.4 Å². The fourth-order valence-corrected chi connectivity index (χ4v) is 7.88. The number of rotatable bonds is 5. The Balaban J connectivity index is 1.53. The molecule has 0 N–H and O–H groups in total. The second kappa shape index (κ2) is 11.3. The van der Waals surface area contributed by atoms with Crippen molar-refractivity contribution in [1.29, 1.82) is 0 Å². The lowest BCUT2D eigenvalue weighted by Crippen LogP contribution is -2.57. The third-order valence-electron chi connectivity index (χ3n) is 6.88. The van der Waals surface area contributed by atoms with E-state index in [1.165, 1.54) is 14.2 Å². The van der Waals surface area contributed by atoms with E-state index in [4.69, 9.17) is 26.4 Å². The van der Waals surface area contributed by atoms with Crippen LogP contribution in [0.4, 0.5) is 5.69 Å². The normalized spacial score (nSPS) is 16.1. The van der Waals surface area contributed by atoms with Gasteiger partial charge in [0, 0.05) is 11.1 Å². The number of thioether (sulfide) groups is 2. The third kappa shape index (κ3) is 5.27. The maximum atomic E-state index is 13.8. The van der Waals surface area contributed by atoms with Gasteiger partial charge < -0.3 is 14.2 Å². The molecule has 5 rings (SSSR count). The lowest BCUT2D eigenvalue weighted by Gasteiger charge is -2.45. The Hall–Kier alpha value is -3.60. The summed E-state index contributed by atoms with van der Waals surface area (Å²) in [6, 6.07) is 19.4. The van der Waals surface area contributed by atoms with Crippen LogP contribution in [-0.4, -0.2) is 49.1 Å². The smallest absolute Gasteiger partial charge is 0.346 e. The van der Waals surface area contributed by atoms with E-state index in [-0.39, 0.29) is 22.3 Å². The average Bonchev–Trinajstić information content (AvgIpc) is 3.41. The summed E-state index contributed by atoms with van der Waals surface area (Å²) in [7, 11) is 2.52. The number of benzene rings is 3. The lowest BCUT2D eigenvalue weighted by molar-refractivity contribution is -0.138. The summed E-state index contributed by atoms with van der Waals surface area (Å²) in [6.45, 7) is 5.53. The summed E-state index contributed by atoms with van der Waals surface area (Å²) in [4.78, 5) is 41.4. The van der Waals surface area contributed by atoms with Crippen LogP contribution in [0.5, 0.6) is 5.75 Å². The van der Waals surface area contributed by atoms with Crippen LogP contribution in [0.3, 0.4) is 0 Å². The van der Waals surface area contributed by atoms with Crippen molar-refractivity contribution in [2.75, 3.05) is 25.7 Å². The Morgan fingerprint density at radius 2 is 1.51 bits per heavy atom. The molecule has 3 aromatic rings. The van der Waals surface area contributed by atoms with Gasteiger partial charge in [0.05, 0.1) is 34.5 Å². The number of hydrogen-bond donors (Lipinski definition) is 0. The van der Waals surface area contributed by atoms with Gasteiger partial charge in [-0.1, -0.05) is 77.7 Å². The van der Waals surface area contributed by atoms with Crippen molar-refractivity contribution in [3.63, 3.8) is 0 Å². The lowest BCUT2D eigenvalue weighted by atomic mass is 9.82. The Labute approximate surface area is 251 Å². The van der Waals surface area contributed by atoms with E-state index in [0.29, 0.717) is 26.1 Å². The topological polar surface area (TPSA) is 82.1 Å². The van der Waals surface area contributed by atoms with Crippen LogP contribution in [0.1, 0.15) is 25.0 Å². The molecule has 0 saturated carbocycles. The number of hydrogen-bond acceptors (Lipinski definition) is 9. The van der Waals surface area contributed by atoms with Crippen LogP contribution in [0.25, 0.3) is 16.3 Å². The van der Waals surface area contributed by atoms with E-state index in [2.05, 4.69) is 0 Å². The number of anilines is 1. The van der Waals surface area contributed by atoms with Crippen molar-refractivity contribution in [3.05, 3.63) is 85.8 Å². The highest BCUT2D eigenvalue weighted by atomic mass is 32.2. The van der Waals surface area contributed by atoms with Crippen molar-refractivity contribution in [1.82, 2.24) is 0 Å². The van der Waals surface area contributed by atoms with Gasteiger partial charge in [0.1, 0.15) is 15.6 Å². The monoisotopic (exact) mass is 605 g/mol. The molecule has 0 fully saturated rings. The summed E-state index contributed by atoms with van der Waals surface area (Å²) in [6.07, 6.45) is 0. The summed E-state index contributed by atoms with van der Waals surface area (Å²) in [5.41, 5.74) is 2.13. The van der Waals surface area contributed by atoms with E-state index < -0.39 is 17.5 Å². The van der Waals surface area contributed by atoms with Crippen LogP contribution in [0.2, 0.25) is 0 Å². The number of aryl methyl sites for hydroxylation is 1. The zero-order valence-electron chi connectivity index (χ0n) is 23.1. The first-order valence-corrected chi connectivity index (χ1v) is 14.7. The van der Waals surface area contributed by atoms with Gasteiger partial charge in [0.25, 0.3) is 5.91 Å². The molecule has 0 radical (unpaired) electrons. The number of nitrogens with zero attached hydrogens (tertiary/aromatic N) is 1. The fourth-order valence-electron chi connectivity index (χ4n) is 4.85. The number of carbonyl (C=O) groups excluding carboxylic acids is 3. The highest BCUT2D eigenvalue weighted by molar-refractivity contribution is 8.29. The number of carbonyl (C=O) groups is 3. The second-order valence-corrected chi connectivity index (χ2v) is 12.7. The number of fused-ring (bicyclic) bond motifs is 2. The number of methoxy groups -OCH3 is 2. The molecule has 0 spiro atoms. The Bertz CT molecular complexity index is 1660. The summed E-state index contributed by atoms with van der Waals surface area (Å²) < 4.78 is 16.5. The van der Waals surface area contributed by atoms with Crippen LogP contribution >= 0.6 is 35.7 Å².